The number of hydrogen-bond acceptors (Lipinski definition) is 3. The van der Waals surface area contributed by atoms with Gasteiger partial charge in [-0.25, -0.2) is 0 Å². The Morgan fingerprint density at radius 2 is 1.84 bits per heavy atom. The van der Waals surface area contributed by atoms with Gasteiger partial charge >= 0.3 is 0 Å². The lowest BCUT2D eigenvalue weighted by molar-refractivity contribution is -0.122. The Morgan fingerprint density at radius 1 is 1.06 bits per heavy atom. The van der Waals surface area contributed by atoms with Crippen LogP contribution in [-0.4, -0.2) is 41.4 Å². The van der Waals surface area contributed by atoms with Crippen LogP contribution in [0, 0.1) is 12.3 Å². The van der Waals surface area contributed by atoms with Crippen molar-refractivity contribution < 1.29 is 9.59 Å². The van der Waals surface area contributed by atoms with Crippen LogP contribution in [-0.2, 0) is 16.1 Å². The maximum absolute atomic E-state index is 12.9. The second kappa shape index (κ2) is 9.56. The number of rotatable bonds is 8. The van der Waals surface area contributed by atoms with Gasteiger partial charge in [0.05, 0.1) is 11.1 Å². The number of nitrogens with one attached hydrogen (secondary N) is 1. The number of aryl methyl sites for hydroxylation is 1. The predicted octanol–water partition coefficient (Wildman–Crippen LogP) is 4.32. The molecule has 0 unspecified atom stereocenters. The Balaban J connectivity index is 1.73. The normalized spacial score (nSPS) is 13.8. The number of benzene rings is 2. The van der Waals surface area contributed by atoms with Crippen molar-refractivity contribution in [1.29, 1.82) is 0 Å². The van der Waals surface area contributed by atoms with Gasteiger partial charge < -0.3 is 9.47 Å². The van der Waals surface area contributed by atoms with Gasteiger partial charge in [-0.1, -0.05) is 46.3 Å². The van der Waals surface area contributed by atoms with Crippen LogP contribution in [0.25, 0.3) is 22.0 Å². The standard InChI is InChI=1S/C26H24BrN3O2/c1-3-4-13-29(2)14-8-15-30-17-21(20-11-5-6-12-22(20)30)24-23(25(31)28-26(24)32)18-9-7-10-19(27)16-18/h1,5-7,9-12,16-17H,4,8,13-15H2,2H3,(H,28,31,32). The van der Waals surface area contributed by atoms with Gasteiger partial charge in [0, 0.05) is 46.6 Å². The molecule has 1 aromatic heterocycles. The number of imide groups is 1. The molecule has 1 aliphatic rings. The highest BCUT2D eigenvalue weighted by molar-refractivity contribution is 9.10. The van der Waals surface area contributed by atoms with E-state index in [9.17, 15) is 9.59 Å². The van der Waals surface area contributed by atoms with Gasteiger partial charge in [0.15, 0.2) is 0 Å². The Hall–Kier alpha value is -3.14. The molecule has 3 aromatic rings. The summed E-state index contributed by atoms with van der Waals surface area (Å²) in [6.45, 7) is 2.60. The minimum absolute atomic E-state index is 0.359. The molecule has 0 saturated heterocycles. The minimum atomic E-state index is -0.366. The fraction of sp³-hybridized carbons (Fsp3) is 0.231. The topological polar surface area (TPSA) is 54.3 Å². The molecule has 0 saturated carbocycles. The van der Waals surface area contributed by atoms with Crippen LogP contribution in [0.1, 0.15) is 24.0 Å². The van der Waals surface area contributed by atoms with E-state index in [-0.39, 0.29) is 11.8 Å². The number of carbonyl (C=O) groups is 2. The highest BCUT2D eigenvalue weighted by Crippen LogP contribution is 2.36. The summed E-state index contributed by atoms with van der Waals surface area (Å²) in [6.07, 6.45) is 9.04. The number of para-hydroxylation sites is 1. The molecule has 0 aliphatic carbocycles. The summed E-state index contributed by atoms with van der Waals surface area (Å²) in [5.41, 5.74) is 3.37. The average molecular weight is 490 g/mol. The molecule has 0 fully saturated rings. The Labute approximate surface area is 196 Å². The second-order valence-electron chi connectivity index (χ2n) is 7.91. The Kier molecular flexibility index (Phi) is 6.59. The first kappa shape index (κ1) is 22.1. The lowest BCUT2D eigenvalue weighted by Crippen LogP contribution is -2.22. The number of fused-ring (bicyclic) bond motifs is 1. The minimum Gasteiger partial charge on any atom is -0.347 e. The number of halogens is 1. The molecule has 0 atom stereocenters. The summed E-state index contributed by atoms with van der Waals surface area (Å²) in [5, 5.41) is 3.44. The fourth-order valence-corrected chi connectivity index (χ4v) is 4.54. The van der Waals surface area contributed by atoms with Gasteiger partial charge in [-0.05, 0) is 43.8 Å². The summed E-state index contributed by atoms with van der Waals surface area (Å²) in [6, 6.07) is 15.5. The van der Waals surface area contributed by atoms with Crippen LogP contribution in [0.5, 0.6) is 0 Å². The van der Waals surface area contributed by atoms with E-state index in [1.807, 2.05) is 48.7 Å². The van der Waals surface area contributed by atoms with Crippen LogP contribution < -0.4 is 5.32 Å². The van der Waals surface area contributed by atoms with Crippen molar-refractivity contribution in [3.8, 4) is 12.3 Å². The third-order valence-corrected chi connectivity index (χ3v) is 6.17. The zero-order chi connectivity index (χ0) is 22.7. The van der Waals surface area contributed by atoms with E-state index in [1.165, 1.54) is 0 Å². The van der Waals surface area contributed by atoms with Crippen LogP contribution in [0.2, 0.25) is 0 Å². The number of nitrogens with zero attached hydrogens (tertiary/aromatic N) is 2. The average Bonchev–Trinajstić information content (AvgIpc) is 3.28. The van der Waals surface area contributed by atoms with E-state index in [2.05, 4.69) is 49.7 Å². The summed E-state index contributed by atoms with van der Waals surface area (Å²) >= 11 is 3.46. The van der Waals surface area contributed by atoms with E-state index in [1.54, 1.807) is 0 Å². The number of terminal acetylenes is 1. The zero-order valence-electron chi connectivity index (χ0n) is 17.9. The summed E-state index contributed by atoms with van der Waals surface area (Å²) < 4.78 is 3.02. The van der Waals surface area contributed by atoms with Crippen molar-refractivity contribution >= 4 is 49.8 Å². The largest absolute Gasteiger partial charge is 0.347 e. The van der Waals surface area contributed by atoms with Crippen LogP contribution >= 0.6 is 15.9 Å². The fourth-order valence-electron chi connectivity index (χ4n) is 4.14. The molecule has 2 heterocycles. The van der Waals surface area contributed by atoms with E-state index >= 15 is 0 Å². The number of hydrogen-bond donors (Lipinski definition) is 1. The quantitative estimate of drug-likeness (QED) is 0.378. The van der Waals surface area contributed by atoms with Gasteiger partial charge in [-0.2, -0.15) is 0 Å². The Morgan fingerprint density at radius 3 is 2.62 bits per heavy atom. The monoisotopic (exact) mass is 489 g/mol. The third-order valence-electron chi connectivity index (χ3n) is 5.68. The molecule has 1 N–H and O–H groups in total. The second-order valence-corrected chi connectivity index (χ2v) is 8.82. The lowest BCUT2D eigenvalue weighted by Gasteiger charge is -2.15. The van der Waals surface area contributed by atoms with Gasteiger partial charge in [-0.15, -0.1) is 12.3 Å². The van der Waals surface area contributed by atoms with Crippen molar-refractivity contribution in [3.05, 3.63) is 70.3 Å². The van der Waals surface area contributed by atoms with Crippen molar-refractivity contribution in [2.45, 2.75) is 19.4 Å². The first-order valence-corrected chi connectivity index (χ1v) is 11.3. The molecule has 162 valence electrons. The van der Waals surface area contributed by atoms with Crippen LogP contribution in [0.15, 0.2) is 59.2 Å². The van der Waals surface area contributed by atoms with Crippen LogP contribution in [0.3, 0.4) is 0 Å². The summed E-state index contributed by atoms with van der Waals surface area (Å²) in [4.78, 5) is 27.8. The van der Waals surface area contributed by atoms with E-state index in [0.29, 0.717) is 16.7 Å². The maximum Gasteiger partial charge on any atom is 0.259 e. The number of carbonyl (C=O) groups excluding carboxylic acids is 2. The highest BCUT2D eigenvalue weighted by Gasteiger charge is 2.33. The molecule has 2 amide bonds. The number of amides is 2. The molecule has 0 bridgehead atoms. The first-order valence-electron chi connectivity index (χ1n) is 10.6. The lowest BCUT2D eigenvalue weighted by atomic mass is 9.96. The van der Waals surface area contributed by atoms with E-state index in [4.69, 9.17) is 6.42 Å². The van der Waals surface area contributed by atoms with Crippen molar-refractivity contribution in [1.82, 2.24) is 14.8 Å². The molecule has 5 nitrogen and oxygen atoms in total. The van der Waals surface area contributed by atoms with Gasteiger partial charge in [0.2, 0.25) is 0 Å². The molecule has 32 heavy (non-hydrogen) atoms. The SMILES string of the molecule is C#CCCN(C)CCCn1cc(C2=C(c3cccc(Br)c3)C(=O)NC2=O)c2ccccc21. The van der Waals surface area contributed by atoms with Gasteiger partial charge in [-0.3, -0.25) is 14.9 Å². The first-order chi connectivity index (χ1) is 15.5. The van der Waals surface area contributed by atoms with Crippen molar-refractivity contribution in [3.63, 3.8) is 0 Å². The molecule has 1 aliphatic heterocycles. The molecule has 4 rings (SSSR count). The van der Waals surface area contributed by atoms with Crippen LogP contribution in [0.4, 0.5) is 0 Å². The van der Waals surface area contributed by atoms with Crippen molar-refractivity contribution in [2.75, 3.05) is 20.1 Å². The Bertz CT molecular complexity index is 1270. The highest BCUT2D eigenvalue weighted by atomic mass is 79.9. The van der Waals surface area contributed by atoms with Gasteiger partial charge in [0.1, 0.15) is 0 Å². The summed E-state index contributed by atoms with van der Waals surface area (Å²) in [5.74, 6) is 1.95. The maximum atomic E-state index is 12.9. The molecular formula is C26H24BrN3O2. The van der Waals surface area contributed by atoms with E-state index < -0.39 is 0 Å². The molecule has 0 spiro atoms. The van der Waals surface area contributed by atoms with E-state index in [0.717, 1.165) is 53.4 Å². The van der Waals surface area contributed by atoms with Crippen molar-refractivity contribution in [2.24, 2.45) is 0 Å². The smallest absolute Gasteiger partial charge is 0.259 e. The molecule has 2 aromatic carbocycles. The number of aromatic nitrogens is 1. The third kappa shape index (κ3) is 4.40. The summed E-state index contributed by atoms with van der Waals surface area (Å²) in [7, 11) is 2.07. The zero-order valence-corrected chi connectivity index (χ0v) is 19.5. The molecule has 6 heteroatoms. The predicted molar refractivity (Wildman–Crippen MR) is 132 cm³/mol. The molecular weight excluding hydrogens is 466 g/mol. The molecule has 0 radical (unpaired) electrons. The van der Waals surface area contributed by atoms with Gasteiger partial charge in [0.25, 0.3) is 11.8 Å².